The third-order valence-electron chi connectivity index (χ3n) is 7.88. The van der Waals surface area contributed by atoms with Crippen LogP contribution in [0, 0.1) is 11.8 Å². The molecule has 3 aliphatic rings. The first-order valence-electron chi connectivity index (χ1n) is 13.0. The van der Waals surface area contributed by atoms with Gasteiger partial charge in [0.25, 0.3) is 0 Å². The Hall–Kier alpha value is -2.10. The molecule has 4 rings (SSSR count). The average Bonchev–Trinajstić information content (AvgIpc) is 3.47. The fourth-order valence-corrected chi connectivity index (χ4v) is 9.94. The summed E-state index contributed by atoms with van der Waals surface area (Å²) in [6.45, 7) is 13.4. The Balaban J connectivity index is 1.83. The van der Waals surface area contributed by atoms with Gasteiger partial charge < -0.3 is 19.6 Å². The van der Waals surface area contributed by atoms with Crippen LogP contribution in [0.1, 0.15) is 32.8 Å². The quantitative estimate of drug-likeness (QED) is 0.249. The molecule has 7 atom stereocenters. The number of nitrogens with zero attached hydrogens (tertiary/aromatic N) is 2. The lowest BCUT2D eigenvalue weighted by Gasteiger charge is -2.43. The van der Waals surface area contributed by atoms with Gasteiger partial charge in [0.15, 0.2) is 0 Å². The monoisotopic (exact) mass is 604 g/mol. The maximum absolute atomic E-state index is 14.5. The Morgan fingerprint density at radius 2 is 1.97 bits per heavy atom. The Morgan fingerprint density at radius 3 is 2.55 bits per heavy atom. The molecule has 0 aliphatic carbocycles. The van der Waals surface area contributed by atoms with Crippen LogP contribution < -0.4 is 0 Å². The summed E-state index contributed by atoms with van der Waals surface area (Å²) in [5, 5.41) is 10.4. The van der Waals surface area contributed by atoms with E-state index < -0.39 is 40.2 Å². The van der Waals surface area contributed by atoms with Gasteiger partial charge in [0, 0.05) is 22.2 Å². The normalized spacial score (nSPS) is 30.6. The van der Waals surface area contributed by atoms with Crippen molar-refractivity contribution in [2.45, 2.75) is 66.1 Å². The van der Waals surface area contributed by atoms with E-state index in [0.29, 0.717) is 19.4 Å². The number of hydrogen-bond acceptors (Lipinski definition) is 6. The molecule has 3 unspecified atom stereocenters. The molecule has 3 aliphatic heterocycles. The van der Waals surface area contributed by atoms with Crippen molar-refractivity contribution in [3.63, 3.8) is 0 Å². The predicted molar refractivity (Wildman–Crippen MR) is 153 cm³/mol. The highest BCUT2D eigenvalue weighted by molar-refractivity contribution is 9.09. The van der Waals surface area contributed by atoms with Crippen LogP contribution in [0.25, 0.3) is 0 Å². The minimum absolute atomic E-state index is 0.0581. The van der Waals surface area contributed by atoms with Crippen molar-refractivity contribution in [2.75, 3.05) is 19.8 Å². The molecule has 206 valence electrons. The number of esters is 1. The molecule has 0 saturated carbocycles. The number of ether oxygens (including phenoxy) is 1. The van der Waals surface area contributed by atoms with E-state index in [0.717, 1.165) is 5.56 Å². The molecule has 0 radical (unpaired) electrons. The van der Waals surface area contributed by atoms with Crippen molar-refractivity contribution in [3.05, 3.63) is 61.2 Å². The lowest BCUT2D eigenvalue weighted by Crippen LogP contribution is -2.61. The fraction of sp³-hybridized carbons (Fsp3) is 0.552. The molecule has 1 aromatic carbocycles. The number of benzene rings is 1. The number of likely N-dealkylation sites (tertiary alicyclic amines) is 1. The molecule has 3 heterocycles. The first-order chi connectivity index (χ1) is 18.0. The number of fused-ring (bicyclic) bond motifs is 1. The summed E-state index contributed by atoms with van der Waals surface area (Å²) in [5.41, 5.74) is 0.427. The average molecular weight is 606 g/mol. The van der Waals surface area contributed by atoms with Gasteiger partial charge in [-0.1, -0.05) is 65.0 Å². The number of carbonyl (C=O) groups is 3. The summed E-state index contributed by atoms with van der Waals surface area (Å²) >= 11 is 5.33. The van der Waals surface area contributed by atoms with Gasteiger partial charge in [-0.25, -0.2) is 0 Å². The van der Waals surface area contributed by atoms with Crippen LogP contribution in [-0.4, -0.2) is 84.9 Å². The summed E-state index contributed by atoms with van der Waals surface area (Å²) in [6, 6.07) is 8.17. The highest BCUT2D eigenvalue weighted by atomic mass is 79.9. The molecule has 1 N–H and O–H groups in total. The molecule has 38 heavy (non-hydrogen) atoms. The van der Waals surface area contributed by atoms with E-state index in [9.17, 15) is 19.5 Å². The van der Waals surface area contributed by atoms with Crippen LogP contribution in [0.3, 0.4) is 0 Å². The predicted octanol–water partition coefficient (Wildman–Crippen LogP) is 3.60. The number of thioether (sulfide) groups is 1. The number of alkyl halides is 1. The number of halogens is 1. The van der Waals surface area contributed by atoms with Crippen molar-refractivity contribution >= 4 is 45.5 Å². The first-order valence-corrected chi connectivity index (χ1v) is 14.8. The molecule has 3 saturated heterocycles. The van der Waals surface area contributed by atoms with Gasteiger partial charge in [-0.05, 0) is 39.2 Å². The lowest BCUT2D eigenvalue weighted by atomic mass is 9.71. The molecule has 1 aromatic rings. The summed E-state index contributed by atoms with van der Waals surface area (Å²) in [7, 11) is 0. The van der Waals surface area contributed by atoms with E-state index >= 15 is 0 Å². The Bertz CT molecular complexity index is 1090. The standard InChI is InChI=1S/C29H37BrN2O5S/c1-6-13-31(28(3,4)5)26(35)24-29-16-20(30)23(38-29)21(27(36)37-14-7-2)22(29)25(34)32(24)19(17-33)15-18-11-9-8-10-12-18/h6-12,19-24,33H,1-2,13-17H2,3-5H3/t19-,20?,21-,22+,23-,24?,29?/m1/s1. The second-order valence-electron chi connectivity index (χ2n) is 11.3. The smallest absolute Gasteiger partial charge is 0.311 e. The van der Waals surface area contributed by atoms with Gasteiger partial charge in [0.1, 0.15) is 12.6 Å². The van der Waals surface area contributed by atoms with Crippen LogP contribution in [0.15, 0.2) is 55.6 Å². The minimum atomic E-state index is -0.840. The summed E-state index contributed by atoms with van der Waals surface area (Å²) in [4.78, 5) is 45.5. The maximum atomic E-state index is 14.5. The van der Waals surface area contributed by atoms with E-state index in [1.165, 1.54) is 6.08 Å². The summed E-state index contributed by atoms with van der Waals surface area (Å²) in [6.07, 6.45) is 4.15. The number of hydrogen-bond donors (Lipinski definition) is 1. The number of aliphatic hydroxyl groups is 1. The fourth-order valence-electron chi connectivity index (χ4n) is 6.35. The van der Waals surface area contributed by atoms with E-state index in [4.69, 9.17) is 4.74 Å². The summed E-state index contributed by atoms with van der Waals surface area (Å²) < 4.78 is 4.64. The third-order valence-corrected chi connectivity index (χ3v) is 11.1. The van der Waals surface area contributed by atoms with Crippen LogP contribution in [-0.2, 0) is 25.5 Å². The Kier molecular flexibility index (Phi) is 8.50. The Labute approximate surface area is 237 Å². The van der Waals surface area contributed by atoms with Crippen LogP contribution in [0.5, 0.6) is 0 Å². The zero-order chi connectivity index (χ0) is 27.8. The number of aliphatic hydroxyl groups excluding tert-OH is 1. The van der Waals surface area contributed by atoms with Gasteiger partial charge in [-0.15, -0.1) is 18.3 Å². The third kappa shape index (κ3) is 4.86. The molecular weight excluding hydrogens is 568 g/mol. The van der Waals surface area contributed by atoms with Gasteiger partial charge in [-0.2, -0.15) is 0 Å². The maximum Gasteiger partial charge on any atom is 0.311 e. The van der Waals surface area contributed by atoms with Gasteiger partial charge in [-0.3, -0.25) is 14.4 Å². The molecule has 9 heteroatoms. The van der Waals surface area contributed by atoms with Crippen LogP contribution >= 0.6 is 27.7 Å². The zero-order valence-corrected chi connectivity index (χ0v) is 24.6. The van der Waals surface area contributed by atoms with Crippen LogP contribution in [0.2, 0.25) is 0 Å². The topological polar surface area (TPSA) is 87.2 Å². The molecule has 2 amide bonds. The molecular formula is C29H37BrN2O5S. The highest BCUT2D eigenvalue weighted by Gasteiger charge is 2.76. The van der Waals surface area contributed by atoms with E-state index in [-0.39, 0.29) is 35.1 Å². The number of carbonyl (C=O) groups excluding carboxylic acids is 3. The van der Waals surface area contributed by atoms with Crippen molar-refractivity contribution < 1.29 is 24.2 Å². The zero-order valence-electron chi connectivity index (χ0n) is 22.2. The summed E-state index contributed by atoms with van der Waals surface area (Å²) in [5.74, 6) is -2.30. The van der Waals surface area contributed by atoms with Gasteiger partial charge in [0.2, 0.25) is 11.8 Å². The highest BCUT2D eigenvalue weighted by Crippen LogP contribution is 2.68. The first kappa shape index (κ1) is 28.9. The number of rotatable bonds is 10. The second kappa shape index (κ2) is 11.2. The SMILES string of the molecule is C=CCOC(=O)[C@H]1[C@@H]2SC3(CC2Br)C(C(=O)N(CC=C)C(C)(C)C)N([C@@H](CO)Cc2ccccc2)C(=O)[C@H]13. The second-order valence-corrected chi connectivity index (χ2v) is 14.0. The molecule has 0 aromatic heterocycles. The van der Waals surface area contributed by atoms with Gasteiger partial charge >= 0.3 is 5.97 Å². The molecule has 3 fully saturated rings. The molecule has 1 spiro atoms. The minimum Gasteiger partial charge on any atom is -0.461 e. The molecule has 2 bridgehead atoms. The van der Waals surface area contributed by atoms with E-state index in [2.05, 4.69) is 29.1 Å². The van der Waals surface area contributed by atoms with Crippen molar-refractivity contribution in [2.24, 2.45) is 11.8 Å². The van der Waals surface area contributed by atoms with Crippen LogP contribution in [0.4, 0.5) is 0 Å². The van der Waals surface area contributed by atoms with E-state index in [1.54, 1.807) is 27.6 Å². The number of amides is 2. The van der Waals surface area contributed by atoms with Gasteiger partial charge in [0.05, 0.1) is 29.2 Å². The van der Waals surface area contributed by atoms with Crippen molar-refractivity contribution in [1.82, 2.24) is 9.80 Å². The lowest BCUT2D eigenvalue weighted by molar-refractivity contribution is -0.153. The van der Waals surface area contributed by atoms with Crippen molar-refractivity contribution in [1.29, 1.82) is 0 Å². The van der Waals surface area contributed by atoms with Crippen molar-refractivity contribution in [3.8, 4) is 0 Å². The Morgan fingerprint density at radius 1 is 1.29 bits per heavy atom. The largest absolute Gasteiger partial charge is 0.461 e. The molecule has 7 nitrogen and oxygen atoms in total. The van der Waals surface area contributed by atoms with E-state index in [1.807, 2.05) is 51.1 Å².